The average molecular weight is 352 g/mol. The highest BCUT2D eigenvalue weighted by Crippen LogP contribution is 2.09. The zero-order chi connectivity index (χ0) is 18.9. The van der Waals surface area contributed by atoms with E-state index in [4.69, 9.17) is 5.73 Å². The van der Waals surface area contributed by atoms with Gasteiger partial charge in [-0.3, -0.25) is 4.79 Å². The molecule has 4 N–H and O–H groups in total. The van der Waals surface area contributed by atoms with Gasteiger partial charge in [0.25, 0.3) is 0 Å². The van der Waals surface area contributed by atoms with Crippen molar-refractivity contribution in [2.75, 3.05) is 13.1 Å². The van der Waals surface area contributed by atoms with Gasteiger partial charge in [-0.15, -0.1) is 0 Å². The summed E-state index contributed by atoms with van der Waals surface area (Å²) in [5, 5.41) is 6.63. The fraction of sp³-hybridized carbons (Fsp3) is 0.333. The van der Waals surface area contributed by atoms with E-state index in [2.05, 4.69) is 47.7 Å². The van der Waals surface area contributed by atoms with Crippen molar-refractivity contribution in [2.45, 2.75) is 33.7 Å². The van der Waals surface area contributed by atoms with E-state index in [1.54, 1.807) is 12.1 Å². The van der Waals surface area contributed by atoms with Gasteiger partial charge in [0.1, 0.15) is 0 Å². The Bertz CT molecular complexity index is 746. The van der Waals surface area contributed by atoms with E-state index >= 15 is 0 Å². The van der Waals surface area contributed by atoms with Gasteiger partial charge in [-0.25, -0.2) is 4.99 Å². The Morgan fingerprint density at radius 1 is 1.00 bits per heavy atom. The van der Waals surface area contributed by atoms with Gasteiger partial charge in [-0.1, -0.05) is 41.5 Å². The highest BCUT2D eigenvalue weighted by atomic mass is 16.1. The van der Waals surface area contributed by atoms with Crippen molar-refractivity contribution in [3.63, 3.8) is 0 Å². The van der Waals surface area contributed by atoms with Crippen LogP contribution in [0.3, 0.4) is 0 Å². The summed E-state index contributed by atoms with van der Waals surface area (Å²) in [7, 11) is 0. The Labute approximate surface area is 155 Å². The maximum atomic E-state index is 11.1. The van der Waals surface area contributed by atoms with E-state index in [0.29, 0.717) is 12.1 Å². The Kier molecular flexibility index (Phi) is 7.21. The topological polar surface area (TPSA) is 79.5 Å². The molecule has 0 aliphatic carbocycles. The van der Waals surface area contributed by atoms with E-state index < -0.39 is 5.91 Å². The predicted molar refractivity (Wildman–Crippen MR) is 107 cm³/mol. The molecular formula is C21H28N4O. The number of amides is 1. The molecule has 0 heterocycles. The summed E-state index contributed by atoms with van der Waals surface area (Å²) in [4.78, 5) is 15.7. The molecule has 0 radical (unpaired) electrons. The first-order valence-electron chi connectivity index (χ1n) is 8.96. The number of nitrogens with one attached hydrogen (secondary N) is 2. The molecule has 0 saturated carbocycles. The highest BCUT2D eigenvalue weighted by Gasteiger charge is 2.02. The molecule has 0 aliphatic rings. The van der Waals surface area contributed by atoms with Gasteiger partial charge in [-0.2, -0.15) is 0 Å². The second-order valence-corrected chi connectivity index (χ2v) is 6.43. The van der Waals surface area contributed by atoms with Crippen molar-refractivity contribution in [3.05, 3.63) is 70.3 Å². The van der Waals surface area contributed by atoms with Crippen LogP contribution >= 0.6 is 0 Å². The van der Waals surface area contributed by atoms with Crippen LogP contribution in [0.15, 0.2) is 47.5 Å². The minimum Gasteiger partial charge on any atom is -0.366 e. The van der Waals surface area contributed by atoms with Crippen molar-refractivity contribution in [3.8, 4) is 0 Å². The van der Waals surface area contributed by atoms with Crippen LogP contribution in [-0.4, -0.2) is 25.0 Å². The lowest BCUT2D eigenvalue weighted by Gasteiger charge is -2.12. The van der Waals surface area contributed by atoms with Crippen LogP contribution in [0.4, 0.5) is 0 Å². The molecule has 26 heavy (non-hydrogen) atoms. The molecule has 0 bridgehead atoms. The average Bonchev–Trinajstić information content (AvgIpc) is 2.59. The summed E-state index contributed by atoms with van der Waals surface area (Å²) in [6.07, 6.45) is 0.945. The van der Waals surface area contributed by atoms with Gasteiger partial charge >= 0.3 is 0 Å². The summed E-state index contributed by atoms with van der Waals surface area (Å²) < 4.78 is 0. The lowest BCUT2D eigenvalue weighted by Crippen LogP contribution is -2.38. The number of benzene rings is 2. The minimum absolute atomic E-state index is 0.415. The quantitative estimate of drug-likeness (QED) is 0.529. The zero-order valence-corrected chi connectivity index (χ0v) is 15.8. The van der Waals surface area contributed by atoms with E-state index in [9.17, 15) is 4.79 Å². The SMILES string of the molecule is CCNC(=NCc1ccc(C(N)=O)cc1)NCCc1cc(C)cc(C)c1. The van der Waals surface area contributed by atoms with E-state index in [0.717, 1.165) is 31.0 Å². The van der Waals surface area contributed by atoms with Gasteiger partial charge in [-0.05, 0) is 50.5 Å². The van der Waals surface area contributed by atoms with Gasteiger partial charge in [0, 0.05) is 18.7 Å². The standard InChI is InChI=1S/C21H28N4O/c1-4-23-21(24-10-9-18-12-15(2)11-16(3)13-18)25-14-17-5-7-19(8-6-17)20(22)26/h5-8,11-13H,4,9-10,14H2,1-3H3,(H2,22,26)(H2,23,24,25). The normalized spacial score (nSPS) is 11.3. The first kappa shape index (κ1) is 19.5. The number of primary amides is 1. The molecule has 0 atom stereocenters. The van der Waals surface area contributed by atoms with Crippen LogP contribution in [0.25, 0.3) is 0 Å². The van der Waals surface area contributed by atoms with Gasteiger partial charge in [0.15, 0.2) is 5.96 Å². The molecule has 0 saturated heterocycles. The number of carbonyl (C=O) groups is 1. The fourth-order valence-corrected chi connectivity index (χ4v) is 2.83. The van der Waals surface area contributed by atoms with Crippen LogP contribution < -0.4 is 16.4 Å². The molecule has 0 aromatic heterocycles. The first-order valence-corrected chi connectivity index (χ1v) is 8.96. The Balaban J connectivity index is 1.92. The maximum Gasteiger partial charge on any atom is 0.248 e. The number of hydrogen-bond donors (Lipinski definition) is 3. The van der Waals surface area contributed by atoms with Crippen molar-refractivity contribution in [1.29, 1.82) is 0 Å². The van der Waals surface area contributed by atoms with Crippen LogP contribution in [0.1, 0.15) is 39.5 Å². The Hall–Kier alpha value is -2.82. The molecule has 0 spiro atoms. The second-order valence-electron chi connectivity index (χ2n) is 6.43. The molecule has 138 valence electrons. The molecule has 1 amide bonds. The zero-order valence-electron chi connectivity index (χ0n) is 15.8. The van der Waals surface area contributed by atoms with Gasteiger partial charge < -0.3 is 16.4 Å². The molecule has 0 aliphatic heterocycles. The van der Waals surface area contributed by atoms with Crippen molar-refractivity contribution in [1.82, 2.24) is 10.6 Å². The summed E-state index contributed by atoms with van der Waals surface area (Å²) in [6.45, 7) is 8.45. The van der Waals surface area contributed by atoms with E-state index in [-0.39, 0.29) is 0 Å². The molecule has 5 heteroatoms. The monoisotopic (exact) mass is 352 g/mol. The van der Waals surface area contributed by atoms with E-state index in [1.807, 2.05) is 19.1 Å². The largest absolute Gasteiger partial charge is 0.366 e. The number of carbonyl (C=O) groups excluding carboxylic acids is 1. The Morgan fingerprint density at radius 2 is 1.65 bits per heavy atom. The van der Waals surface area contributed by atoms with Crippen molar-refractivity contribution in [2.24, 2.45) is 10.7 Å². The number of rotatable bonds is 7. The molecule has 2 aromatic rings. The molecular weight excluding hydrogens is 324 g/mol. The van der Waals surface area contributed by atoms with Gasteiger partial charge in [0.05, 0.1) is 6.54 Å². The first-order chi connectivity index (χ1) is 12.5. The molecule has 0 fully saturated rings. The number of nitrogens with two attached hydrogens (primary N) is 1. The summed E-state index contributed by atoms with van der Waals surface area (Å²) in [6, 6.07) is 13.8. The van der Waals surface area contributed by atoms with Crippen LogP contribution in [0.5, 0.6) is 0 Å². The van der Waals surface area contributed by atoms with E-state index in [1.165, 1.54) is 16.7 Å². The lowest BCUT2D eigenvalue weighted by molar-refractivity contribution is 0.100. The van der Waals surface area contributed by atoms with Crippen LogP contribution in [0, 0.1) is 13.8 Å². The number of aliphatic imine (C=N–C) groups is 1. The second kappa shape index (κ2) is 9.61. The summed E-state index contributed by atoms with van der Waals surface area (Å²) in [5.41, 5.74) is 10.7. The lowest BCUT2D eigenvalue weighted by atomic mass is 10.1. The molecule has 5 nitrogen and oxygen atoms in total. The van der Waals surface area contributed by atoms with Crippen molar-refractivity contribution < 1.29 is 4.79 Å². The predicted octanol–water partition coefficient (Wildman–Crippen LogP) is 2.70. The third-order valence-corrected chi connectivity index (χ3v) is 3.99. The molecule has 2 aromatic carbocycles. The fourth-order valence-electron chi connectivity index (χ4n) is 2.83. The molecule has 2 rings (SSSR count). The number of hydrogen-bond acceptors (Lipinski definition) is 2. The third kappa shape index (κ3) is 6.24. The smallest absolute Gasteiger partial charge is 0.248 e. The highest BCUT2D eigenvalue weighted by molar-refractivity contribution is 5.92. The van der Waals surface area contributed by atoms with Gasteiger partial charge in [0.2, 0.25) is 5.91 Å². The maximum absolute atomic E-state index is 11.1. The molecule has 0 unspecified atom stereocenters. The number of aryl methyl sites for hydroxylation is 2. The Morgan fingerprint density at radius 3 is 2.23 bits per heavy atom. The van der Waals surface area contributed by atoms with Crippen LogP contribution in [-0.2, 0) is 13.0 Å². The third-order valence-electron chi connectivity index (χ3n) is 3.99. The number of nitrogens with zero attached hydrogens (tertiary/aromatic N) is 1. The van der Waals surface area contributed by atoms with Crippen molar-refractivity contribution >= 4 is 11.9 Å². The van der Waals surface area contributed by atoms with Crippen LogP contribution in [0.2, 0.25) is 0 Å². The summed E-state index contributed by atoms with van der Waals surface area (Å²) in [5.74, 6) is 0.372. The summed E-state index contributed by atoms with van der Waals surface area (Å²) >= 11 is 0. The number of guanidine groups is 1. The minimum atomic E-state index is -0.415.